The van der Waals surface area contributed by atoms with Crippen molar-refractivity contribution < 1.29 is 0 Å². The predicted molar refractivity (Wildman–Crippen MR) is 50.4 cm³/mol. The third-order valence-electron chi connectivity index (χ3n) is 2.71. The van der Waals surface area contributed by atoms with Crippen LogP contribution in [0.1, 0.15) is 58.3 Å². The van der Waals surface area contributed by atoms with Gasteiger partial charge in [-0.05, 0) is 18.8 Å². The second-order valence-corrected chi connectivity index (χ2v) is 3.78. The van der Waals surface area contributed by atoms with Gasteiger partial charge in [0.1, 0.15) is 0 Å². The molecule has 0 bridgehead atoms. The van der Waals surface area contributed by atoms with Crippen molar-refractivity contribution in [2.75, 3.05) is 0 Å². The van der Waals surface area contributed by atoms with Gasteiger partial charge in [0.15, 0.2) is 0 Å². The lowest BCUT2D eigenvalue weighted by atomic mass is 9.94. The Kier molecular flexibility index (Phi) is 4.65. The summed E-state index contributed by atoms with van der Waals surface area (Å²) in [5.41, 5.74) is 0. The molecule has 1 radical (unpaired) electrons. The number of hydrogen-bond donors (Lipinski definition) is 0. The van der Waals surface area contributed by atoms with E-state index in [-0.39, 0.29) is 0 Å². The number of unbranched alkanes of at least 4 members (excludes halogenated alkanes) is 1. The highest BCUT2D eigenvalue weighted by Gasteiger charge is 2.10. The Labute approximate surface area is 71.4 Å². The normalized spacial score (nSPS) is 21.5. The van der Waals surface area contributed by atoms with Gasteiger partial charge in [-0.25, -0.2) is 0 Å². The first-order chi connectivity index (χ1) is 5.43. The summed E-state index contributed by atoms with van der Waals surface area (Å²) in [5.74, 6) is 0.970. The van der Waals surface area contributed by atoms with Crippen molar-refractivity contribution in [3.05, 3.63) is 6.42 Å². The lowest BCUT2D eigenvalue weighted by Gasteiger charge is -2.11. The van der Waals surface area contributed by atoms with E-state index in [1.54, 1.807) is 0 Å². The lowest BCUT2D eigenvalue weighted by molar-refractivity contribution is 0.483. The minimum Gasteiger partial charge on any atom is -0.0654 e. The van der Waals surface area contributed by atoms with Crippen molar-refractivity contribution in [1.82, 2.24) is 0 Å². The van der Waals surface area contributed by atoms with Crippen LogP contribution in [0.3, 0.4) is 0 Å². The van der Waals surface area contributed by atoms with Crippen molar-refractivity contribution in [1.29, 1.82) is 0 Å². The molecule has 1 atom stereocenters. The van der Waals surface area contributed by atoms with E-state index in [2.05, 4.69) is 13.3 Å². The summed E-state index contributed by atoms with van der Waals surface area (Å²) in [6.07, 6.45) is 14.1. The van der Waals surface area contributed by atoms with Gasteiger partial charge in [0.05, 0.1) is 0 Å². The second kappa shape index (κ2) is 5.62. The Morgan fingerprint density at radius 1 is 1.27 bits per heavy atom. The van der Waals surface area contributed by atoms with Crippen LogP contribution in [0.15, 0.2) is 0 Å². The number of rotatable bonds is 3. The van der Waals surface area contributed by atoms with Crippen LogP contribution >= 0.6 is 0 Å². The highest BCUT2D eigenvalue weighted by atomic mass is 14.2. The summed E-state index contributed by atoms with van der Waals surface area (Å²) < 4.78 is 0. The molecule has 1 aliphatic rings. The molecule has 1 aliphatic carbocycles. The average molecular weight is 153 g/mol. The Morgan fingerprint density at radius 3 is 3.00 bits per heavy atom. The Bertz CT molecular complexity index is 78.0. The van der Waals surface area contributed by atoms with Gasteiger partial charge in [0, 0.05) is 0 Å². The smallest absolute Gasteiger partial charge is 0.0355 e. The maximum atomic E-state index is 2.57. The fourth-order valence-electron chi connectivity index (χ4n) is 1.93. The Balaban J connectivity index is 2.09. The van der Waals surface area contributed by atoms with Gasteiger partial charge in [-0.3, -0.25) is 0 Å². The van der Waals surface area contributed by atoms with Crippen LogP contribution in [-0.4, -0.2) is 0 Å². The highest BCUT2D eigenvalue weighted by Crippen LogP contribution is 2.25. The molecule has 0 N–H and O–H groups in total. The van der Waals surface area contributed by atoms with Crippen LogP contribution in [0, 0.1) is 12.3 Å². The predicted octanol–water partition coefficient (Wildman–Crippen LogP) is 3.96. The molecule has 11 heavy (non-hydrogen) atoms. The fourth-order valence-corrected chi connectivity index (χ4v) is 1.93. The zero-order valence-electron chi connectivity index (χ0n) is 7.81. The Morgan fingerprint density at radius 2 is 2.18 bits per heavy atom. The molecular weight excluding hydrogens is 132 g/mol. The largest absolute Gasteiger partial charge is 0.0654 e. The molecule has 0 nitrogen and oxygen atoms in total. The average Bonchev–Trinajstić information content (AvgIpc) is 2.28. The summed E-state index contributed by atoms with van der Waals surface area (Å²) >= 11 is 0. The second-order valence-electron chi connectivity index (χ2n) is 3.78. The van der Waals surface area contributed by atoms with Crippen molar-refractivity contribution in [3.63, 3.8) is 0 Å². The molecule has 1 fully saturated rings. The summed E-state index contributed by atoms with van der Waals surface area (Å²) in [6, 6.07) is 0. The molecule has 0 aliphatic heterocycles. The molecule has 0 aromatic heterocycles. The maximum Gasteiger partial charge on any atom is -0.0355 e. The molecule has 1 saturated carbocycles. The maximum absolute atomic E-state index is 2.57. The van der Waals surface area contributed by atoms with Gasteiger partial charge < -0.3 is 0 Å². The third kappa shape index (κ3) is 3.79. The molecule has 0 spiro atoms. The highest BCUT2D eigenvalue weighted by molar-refractivity contribution is 4.78. The first kappa shape index (κ1) is 9.09. The molecule has 0 aromatic carbocycles. The van der Waals surface area contributed by atoms with Crippen molar-refractivity contribution >= 4 is 0 Å². The summed E-state index contributed by atoms with van der Waals surface area (Å²) in [5, 5.41) is 0. The molecule has 65 valence electrons. The van der Waals surface area contributed by atoms with Crippen molar-refractivity contribution in [2.45, 2.75) is 58.3 Å². The topological polar surface area (TPSA) is 0 Å². The van der Waals surface area contributed by atoms with Gasteiger partial charge in [-0.15, -0.1) is 0 Å². The van der Waals surface area contributed by atoms with E-state index in [0.717, 1.165) is 5.92 Å². The zero-order chi connectivity index (χ0) is 7.94. The first-order valence-electron chi connectivity index (χ1n) is 5.27. The van der Waals surface area contributed by atoms with Gasteiger partial charge in [-0.2, -0.15) is 0 Å². The van der Waals surface area contributed by atoms with E-state index in [0.29, 0.717) is 0 Å². The summed E-state index contributed by atoms with van der Waals surface area (Å²) in [6.45, 7) is 2.29. The van der Waals surface area contributed by atoms with Crippen LogP contribution in [0.5, 0.6) is 0 Å². The summed E-state index contributed by atoms with van der Waals surface area (Å²) in [7, 11) is 0. The van der Waals surface area contributed by atoms with E-state index >= 15 is 0 Å². The molecular formula is C11H21. The minimum atomic E-state index is 0.970. The van der Waals surface area contributed by atoms with Gasteiger partial charge >= 0.3 is 0 Å². The van der Waals surface area contributed by atoms with Gasteiger partial charge in [-0.1, -0.05) is 51.9 Å². The molecule has 0 saturated heterocycles. The van der Waals surface area contributed by atoms with E-state index < -0.39 is 0 Å². The SMILES string of the molecule is CCCCC1[CH]CCCCC1. The monoisotopic (exact) mass is 153 g/mol. The van der Waals surface area contributed by atoms with Crippen molar-refractivity contribution in [2.24, 2.45) is 5.92 Å². The number of hydrogen-bond acceptors (Lipinski definition) is 0. The Hall–Kier alpha value is 0. The van der Waals surface area contributed by atoms with Gasteiger partial charge in [0.25, 0.3) is 0 Å². The van der Waals surface area contributed by atoms with E-state index in [9.17, 15) is 0 Å². The standard InChI is InChI=1S/C11H21/c1-2-3-8-11-9-6-4-5-7-10-11/h9,11H,2-8,10H2,1H3. The molecule has 0 heterocycles. The van der Waals surface area contributed by atoms with E-state index in [4.69, 9.17) is 0 Å². The zero-order valence-corrected chi connectivity index (χ0v) is 7.81. The van der Waals surface area contributed by atoms with Crippen LogP contribution in [-0.2, 0) is 0 Å². The molecule has 1 unspecified atom stereocenters. The molecule has 1 rings (SSSR count). The quantitative estimate of drug-likeness (QED) is 0.538. The van der Waals surface area contributed by atoms with Crippen LogP contribution in [0.25, 0.3) is 0 Å². The van der Waals surface area contributed by atoms with E-state index in [1.165, 1.54) is 51.4 Å². The third-order valence-corrected chi connectivity index (χ3v) is 2.71. The minimum absolute atomic E-state index is 0.970. The molecule has 0 aromatic rings. The molecule has 0 amide bonds. The fraction of sp³-hybridized carbons (Fsp3) is 0.909. The molecule has 0 heteroatoms. The lowest BCUT2D eigenvalue weighted by Crippen LogP contribution is -1.98. The van der Waals surface area contributed by atoms with Gasteiger partial charge in [0.2, 0.25) is 0 Å². The van der Waals surface area contributed by atoms with Crippen LogP contribution in [0.4, 0.5) is 0 Å². The summed E-state index contributed by atoms with van der Waals surface area (Å²) in [4.78, 5) is 0. The van der Waals surface area contributed by atoms with Crippen LogP contribution < -0.4 is 0 Å². The first-order valence-corrected chi connectivity index (χ1v) is 5.27. The van der Waals surface area contributed by atoms with Crippen molar-refractivity contribution in [3.8, 4) is 0 Å². The van der Waals surface area contributed by atoms with E-state index in [1.807, 2.05) is 0 Å². The van der Waals surface area contributed by atoms with Crippen LogP contribution in [0.2, 0.25) is 0 Å².